The van der Waals surface area contributed by atoms with Gasteiger partial charge in [0.15, 0.2) is 0 Å². The second-order valence-electron chi connectivity index (χ2n) is 11.0. The van der Waals surface area contributed by atoms with Crippen molar-refractivity contribution in [1.29, 1.82) is 0 Å². The monoisotopic (exact) mass is 463 g/mol. The molecular weight excluding hydrogens is 418 g/mol. The van der Waals surface area contributed by atoms with Crippen molar-refractivity contribution in [2.45, 2.75) is 105 Å². The van der Waals surface area contributed by atoms with Gasteiger partial charge in [0.1, 0.15) is 6.04 Å². The fourth-order valence-corrected chi connectivity index (χ4v) is 4.64. The normalized spacial score (nSPS) is 22.0. The summed E-state index contributed by atoms with van der Waals surface area (Å²) in [6.45, 7) is 14.7. The Balaban J connectivity index is 2.21. The van der Waals surface area contributed by atoms with Crippen molar-refractivity contribution in [3.63, 3.8) is 0 Å². The van der Waals surface area contributed by atoms with E-state index in [1.807, 2.05) is 34.6 Å². The van der Waals surface area contributed by atoms with Crippen molar-refractivity contribution in [2.24, 2.45) is 11.3 Å². The quantitative estimate of drug-likeness (QED) is 0.418. The molecule has 33 heavy (non-hydrogen) atoms. The molecule has 0 aromatic carbocycles. The lowest BCUT2D eigenvalue weighted by Crippen LogP contribution is -2.60. The lowest BCUT2D eigenvalue weighted by atomic mass is 9.84. The van der Waals surface area contributed by atoms with Crippen LogP contribution >= 0.6 is 0 Å². The van der Waals surface area contributed by atoms with Gasteiger partial charge in [-0.3, -0.25) is 14.5 Å². The zero-order valence-electron chi connectivity index (χ0n) is 21.9. The summed E-state index contributed by atoms with van der Waals surface area (Å²) in [7, 11) is 1.75. The molecule has 2 rings (SSSR count). The molecule has 1 aliphatic carbocycles. The van der Waals surface area contributed by atoms with Crippen LogP contribution in [0.2, 0.25) is 0 Å². The minimum Gasteiger partial charge on any atom is -0.463 e. The van der Waals surface area contributed by atoms with Gasteiger partial charge in [0.05, 0.1) is 18.7 Å². The summed E-state index contributed by atoms with van der Waals surface area (Å²) >= 11 is 0. The Kier molecular flexibility index (Phi) is 9.53. The van der Waals surface area contributed by atoms with Gasteiger partial charge >= 0.3 is 5.97 Å². The fourth-order valence-electron chi connectivity index (χ4n) is 4.64. The maximum Gasteiger partial charge on any atom is 0.333 e. The molecule has 7 nitrogen and oxygen atoms in total. The summed E-state index contributed by atoms with van der Waals surface area (Å²) in [6, 6.07) is -0.577. The van der Waals surface area contributed by atoms with E-state index in [2.05, 4.69) is 10.2 Å². The zero-order chi connectivity index (χ0) is 24.9. The lowest BCUT2D eigenvalue weighted by Gasteiger charge is -2.40. The predicted molar refractivity (Wildman–Crippen MR) is 131 cm³/mol. The Hall–Kier alpha value is -1.89. The summed E-state index contributed by atoms with van der Waals surface area (Å²) in [5, 5.41) is 3.13. The number of likely N-dealkylation sites (N-methyl/N-ethyl adjacent to an activating group) is 1. The van der Waals surface area contributed by atoms with Gasteiger partial charge < -0.3 is 15.0 Å². The van der Waals surface area contributed by atoms with Crippen LogP contribution in [0.1, 0.15) is 80.6 Å². The molecule has 0 radical (unpaired) electrons. The van der Waals surface area contributed by atoms with E-state index in [1.165, 1.54) is 0 Å². The first-order valence-electron chi connectivity index (χ1n) is 12.6. The van der Waals surface area contributed by atoms with E-state index in [0.29, 0.717) is 18.2 Å². The molecule has 1 saturated heterocycles. The largest absolute Gasteiger partial charge is 0.463 e. The second-order valence-corrected chi connectivity index (χ2v) is 11.0. The van der Waals surface area contributed by atoms with Crippen molar-refractivity contribution >= 4 is 17.8 Å². The van der Waals surface area contributed by atoms with E-state index in [-0.39, 0.29) is 35.8 Å². The van der Waals surface area contributed by atoms with Gasteiger partial charge in [-0.1, -0.05) is 47.1 Å². The molecule has 188 valence electrons. The molecule has 2 unspecified atom stereocenters. The topological polar surface area (TPSA) is 79.0 Å². The predicted octanol–water partition coefficient (Wildman–Crippen LogP) is 3.53. The number of likely N-dealkylation sites (tertiary alicyclic amines) is 1. The number of esters is 1. The van der Waals surface area contributed by atoms with Crippen LogP contribution in [-0.2, 0) is 19.1 Å². The Labute approximate surface area is 200 Å². The maximum atomic E-state index is 13.7. The summed E-state index contributed by atoms with van der Waals surface area (Å²) in [5.74, 6) is -0.468. The minimum absolute atomic E-state index is 0.0392. The number of amides is 2. The number of ether oxygens (including phenoxy) is 1. The molecule has 1 heterocycles. The van der Waals surface area contributed by atoms with Crippen molar-refractivity contribution in [2.75, 3.05) is 20.2 Å². The van der Waals surface area contributed by atoms with Crippen LogP contribution in [0.25, 0.3) is 0 Å². The summed E-state index contributed by atoms with van der Waals surface area (Å²) < 4.78 is 5.11. The van der Waals surface area contributed by atoms with Crippen LogP contribution < -0.4 is 5.32 Å². The van der Waals surface area contributed by atoms with E-state index >= 15 is 0 Å². The van der Waals surface area contributed by atoms with Gasteiger partial charge in [-0.15, -0.1) is 0 Å². The molecule has 0 spiro atoms. The number of carbonyl (C=O) groups is 3. The van der Waals surface area contributed by atoms with Crippen molar-refractivity contribution in [3.8, 4) is 0 Å². The maximum absolute atomic E-state index is 13.7. The Morgan fingerprint density at radius 3 is 2.30 bits per heavy atom. The highest BCUT2D eigenvalue weighted by atomic mass is 16.5. The molecule has 0 bridgehead atoms. The number of hydrogen-bond donors (Lipinski definition) is 1. The first-order chi connectivity index (χ1) is 15.4. The standard InChI is InChI=1S/C26H45N3O4/c1-9-33-25(32)18(4)16-21(17(2)3)28(8)24(31)22(26(5,6)7)27-23(30)20-12-10-11-15-29(20)19-13-14-19/h16-17,19-22H,9-15H2,1-8H3,(H,27,30)/b18-16+/t20?,21-,22?/m1/s1. The first-order valence-corrected chi connectivity index (χ1v) is 12.6. The average Bonchev–Trinajstić information content (AvgIpc) is 3.59. The smallest absolute Gasteiger partial charge is 0.333 e. The van der Waals surface area contributed by atoms with Crippen LogP contribution in [-0.4, -0.2) is 72.0 Å². The van der Waals surface area contributed by atoms with Crippen molar-refractivity contribution in [3.05, 3.63) is 11.6 Å². The van der Waals surface area contributed by atoms with E-state index in [9.17, 15) is 14.4 Å². The molecule has 2 amide bonds. The van der Waals surface area contributed by atoms with Crippen LogP contribution in [0.15, 0.2) is 11.6 Å². The van der Waals surface area contributed by atoms with Crippen molar-refractivity contribution in [1.82, 2.24) is 15.1 Å². The third-order valence-corrected chi connectivity index (χ3v) is 6.76. The zero-order valence-corrected chi connectivity index (χ0v) is 21.9. The summed E-state index contributed by atoms with van der Waals surface area (Å²) in [6.07, 6.45) is 7.15. The van der Waals surface area contributed by atoms with Crippen LogP contribution in [0.5, 0.6) is 0 Å². The summed E-state index contributed by atoms with van der Waals surface area (Å²) in [5.41, 5.74) is 0.0236. The Morgan fingerprint density at radius 2 is 1.79 bits per heavy atom. The number of carbonyl (C=O) groups excluding carboxylic acids is 3. The van der Waals surface area contributed by atoms with E-state index in [4.69, 9.17) is 4.74 Å². The number of piperidine rings is 1. The third kappa shape index (κ3) is 7.29. The number of nitrogens with one attached hydrogen (secondary N) is 1. The van der Waals surface area contributed by atoms with Crippen LogP contribution in [0.4, 0.5) is 0 Å². The Bertz CT molecular complexity index is 736. The molecule has 1 aliphatic heterocycles. The number of nitrogens with zero attached hydrogens (tertiary/aromatic N) is 2. The Morgan fingerprint density at radius 1 is 1.15 bits per heavy atom. The molecule has 2 fully saturated rings. The van der Waals surface area contributed by atoms with E-state index < -0.39 is 11.5 Å². The van der Waals surface area contributed by atoms with Gasteiger partial charge in [-0.05, 0) is 57.4 Å². The number of rotatable bonds is 9. The highest BCUT2D eigenvalue weighted by Gasteiger charge is 2.42. The molecule has 0 aromatic rings. The van der Waals surface area contributed by atoms with Gasteiger partial charge in [-0.25, -0.2) is 4.79 Å². The molecular formula is C26H45N3O4. The molecule has 2 aliphatic rings. The van der Waals surface area contributed by atoms with Gasteiger partial charge in [-0.2, -0.15) is 0 Å². The first kappa shape index (κ1) is 27.4. The van der Waals surface area contributed by atoms with Gasteiger partial charge in [0.25, 0.3) is 0 Å². The molecule has 1 saturated carbocycles. The highest BCUT2D eigenvalue weighted by molar-refractivity contribution is 5.91. The SMILES string of the molecule is CCOC(=O)/C(C)=C/[C@H](C(C)C)N(C)C(=O)C(NC(=O)C1CCCCN1C1CC1)C(C)(C)C. The minimum atomic E-state index is -0.657. The van der Waals surface area contributed by atoms with Gasteiger partial charge in [0.2, 0.25) is 11.8 Å². The lowest BCUT2D eigenvalue weighted by molar-refractivity contribution is -0.142. The van der Waals surface area contributed by atoms with Crippen LogP contribution in [0.3, 0.4) is 0 Å². The molecule has 1 N–H and O–H groups in total. The van der Waals surface area contributed by atoms with Crippen molar-refractivity contribution < 1.29 is 19.1 Å². The highest BCUT2D eigenvalue weighted by Crippen LogP contribution is 2.33. The molecule has 7 heteroatoms. The molecule has 3 atom stereocenters. The third-order valence-electron chi connectivity index (χ3n) is 6.76. The summed E-state index contributed by atoms with van der Waals surface area (Å²) in [4.78, 5) is 43.2. The molecule has 0 aromatic heterocycles. The van der Waals surface area contributed by atoms with E-state index in [1.54, 1.807) is 31.9 Å². The van der Waals surface area contributed by atoms with Crippen LogP contribution in [0, 0.1) is 11.3 Å². The van der Waals surface area contributed by atoms with Gasteiger partial charge in [0, 0.05) is 18.7 Å². The fraction of sp³-hybridized carbons (Fsp3) is 0.808. The van der Waals surface area contributed by atoms with E-state index in [0.717, 1.165) is 38.6 Å². The second kappa shape index (κ2) is 11.5. The average molecular weight is 464 g/mol. The number of hydrogen-bond acceptors (Lipinski definition) is 5.